The van der Waals surface area contributed by atoms with Gasteiger partial charge in [0.25, 0.3) is 6.29 Å². The lowest BCUT2D eigenvalue weighted by molar-refractivity contribution is -0.195. The van der Waals surface area contributed by atoms with Gasteiger partial charge in [0.05, 0.1) is 21.3 Å². The average Bonchev–Trinajstić information content (AvgIpc) is 2.44. The molecule has 0 heterocycles. The van der Waals surface area contributed by atoms with Crippen molar-refractivity contribution in [3.8, 4) is 0 Å². The third-order valence-electron chi connectivity index (χ3n) is 3.87. The van der Waals surface area contributed by atoms with Crippen LogP contribution in [0.3, 0.4) is 0 Å². The van der Waals surface area contributed by atoms with Crippen molar-refractivity contribution in [2.24, 2.45) is 5.92 Å². The zero-order chi connectivity index (χ0) is 15.9. The van der Waals surface area contributed by atoms with Crippen LogP contribution in [0.5, 0.6) is 0 Å². The molecule has 0 radical (unpaired) electrons. The second-order valence-electron chi connectivity index (χ2n) is 6.95. The minimum absolute atomic E-state index is 0.105. The van der Waals surface area contributed by atoms with E-state index in [1.165, 1.54) is 26.4 Å². The summed E-state index contributed by atoms with van der Waals surface area (Å²) in [5.74, 6) is -0.297. The normalized spacial score (nSPS) is 20.4. The van der Waals surface area contributed by atoms with E-state index in [2.05, 4.69) is 36.2 Å². The fraction of sp³-hybridized carbons (Fsp3) is 0.812. The quantitative estimate of drug-likeness (QED) is 0.445. The van der Waals surface area contributed by atoms with Gasteiger partial charge in [-0.2, -0.15) is 0 Å². The SMILES string of the molecule is COC(=O)C(O)OC(C/C=C\[Si](C)(C)C)C1CCCCC1. The fourth-order valence-electron chi connectivity index (χ4n) is 2.74. The van der Waals surface area contributed by atoms with Gasteiger partial charge in [-0.15, -0.1) is 0 Å². The third kappa shape index (κ3) is 7.25. The highest BCUT2D eigenvalue weighted by Crippen LogP contribution is 2.30. The number of aliphatic hydroxyl groups is 1. The molecule has 0 aromatic carbocycles. The summed E-state index contributed by atoms with van der Waals surface area (Å²) in [5.41, 5.74) is 2.29. The summed E-state index contributed by atoms with van der Waals surface area (Å²) in [6.45, 7) is 6.84. The molecule has 21 heavy (non-hydrogen) atoms. The smallest absolute Gasteiger partial charge is 0.363 e. The Morgan fingerprint density at radius 3 is 2.43 bits per heavy atom. The summed E-state index contributed by atoms with van der Waals surface area (Å²) in [7, 11) is 0.0271. The maximum atomic E-state index is 11.4. The molecule has 0 saturated heterocycles. The molecule has 2 atom stereocenters. The number of rotatable bonds is 7. The van der Waals surface area contributed by atoms with Crippen molar-refractivity contribution in [2.75, 3.05) is 7.11 Å². The molecular weight excluding hydrogens is 284 g/mol. The zero-order valence-corrected chi connectivity index (χ0v) is 14.8. The van der Waals surface area contributed by atoms with Crippen LogP contribution in [0, 0.1) is 5.92 Å². The van der Waals surface area contributed by atoms with E-state index >= 15 is 0 Å². The van der Waals surface area contributed by atoms with Crippen LogP contribution in [0.4, 0.5) is 0 Å². The minimum atomic E-state index is -1.47. The molecule has 1 aliphatic rings. The van der Waals surface area contributed by atoms with E-state index in [9.17, 15) is 9.90 Å². The van der Waals surface area contributed by atoms with Crippen molar-refractivity contribution in [2.45, 2.75) is 70.6 Å². The van der Waals surface area contributed by atoms with E-state index in [1.54, 1.807) is 0 Å². The molecule has 0 aromatic heterocycles. The van der Waals surface area contributed by atoms with Crippen molar-refractivity contribution in [1.82, 2.24) is 0 Å². The third-order valence-corrected chi connectivity index (χ3v) is 5.10. The van der Waals surface area contributed by atoms with Crippen molar-refractivity contribution in [3.63, 3.8) is 0 Å². The highest BCUT2D eigenvalue weighted by atomic mass is 28.3. The maximum absolute atomic E-state index is 11.4. The van der Waals surface area contributed by atoms with Crippen LogP contribution in [0.1, 0.15) is 38.5 Å². The van der Waals surface area contributed by atoms with E-state index in [1.807, 2.05) is 0 Å². The van der Waals surface area contributed by atoms with Gasteiger partial charge in [-0.25, -0.2) is 4.79 Å². The summed E-state index contributed by atoms with van der Waals surface area (Å²) in [6, 6.07) is 0. The van der Waals surface area contributed by atoms with Crippen molar-refractivity contribution in [3.05, 3.63) is 11.8 Å². The van der Waals surface area contributed by atoms with Crippen LogP contribution in [0.25, 0.3) is 0 Å². The Bertz CT molecular complexity index is 343. The van der Waals surface area contributed by atoms with Crippen LogP contribution in [-0.2, 0) is 14.3 Å². The Labute approximate surface area is 129 Å². The first-order chi connectivity index (χ1) is 9.83. The monoisotopic (exact) mass is 314 g/mol. The first kappa shape index (κ1) is 18.4. The molecule has 1 saturated carbocycles. The number of carbonyl (C=O) groups is 1. The predicted molar refractivity (Wildman–Crippen MR) is 86.6 cm³/mol. The van der Waals surface area contributed by atoms with E-state index in [0.29, 0.717) is 5.92 Å². The number of hydrogen-bond acceptors (Lipinski definition) is 4. The number of hydrogen-bond donors (Lipinski definition) is 1. The molecule has 1 N–H and O–H groups in total. The molecule has 1 rings (SSSR count). The Kier molecular flexibility index (Phi) is 7.63. The minimum Gasteiger partial charge on any atom is -0.465 e. The Morgan fingerprint density at radius 1 is 1.29 bits per heavy atom. The lowest BCUT2D eigenvalue weighted by atomic mass is 9.84. The number of carbonyl (C=O) groups excluding carboxylic acids is 1. The summed E-state index contributed by atoms with van der Waals surface area (Å²) >= 11 is 0. The summed E-state index contributed by atoms with van der Waals surface area (Å²) < 4.78 is 10.1. The lowest BCUT2D eigenvalue weighted by Gasteiger charge is -2.30. The van der Waals surface area contributed by atoms with Crippen molar-refractivity contribution in [1.29, 1.82) is 0 Å². The van der Waals surface area contributed by atoms with Crippen LogP contribution in [0.15, 0.2) is 11.8 Å². The first-order valence-corrected chi connectivity index (χ1v) is 11.5. The molecular formula is C16H30O4Si. The van der Waals surface area contributed by atoms with E-state index in [4.69, 9.17) is 4.74 Å². The molecule has 0 bridgehead atoms. The lowest BCUT2D eigenvalue weighted by Crippen LogP contribution is -2.35. The number of aliphatic hydroxyl groups excluding tert-OH is 1. The summed E-state index contributed by atoms with van der Waals surface area (Å²) in [4.78, 5) is 11.4. The van der Waals surface area contributed by atoms with Crippen molar-refractivity contribution >= 4 is 14.0 Å². The molecule has 1 aliphatic carbocycles. The molecule has 0 spiro atoms. The molecule has 0 aliphatic heterocycles. The number of esters is 1. The van der Waals surface area contributed by atoms with Gasteiger partial charge in [0.15, 0.2) is 0 Å². The molecule has 0 amide bonds. The van der Waals surface area contributed by atoms with Gasteiger partial charge in [0.2, 0.25) is 0 Å². The molecule has 2 unspecified atom stereocenters. The van der Waals surface area contributed by atoms with Crippen LogP contribution in [0.2, 0.25) is 19.6 Å². The highest BCUT2D eigenvalue weighted by Gasteiger charge is 2.28. The van der Waals surface area contributed by atoms with Gasteiger partial charge in [-0.1, -0.05) is 50.7 Å². The van der Waals surface area contributed by atoms with Gasteiger partial charge in [0.1, 0.15) is 0 Å². The molecule has 4 nitrogen and oxygen atoms in total. The molecule has 1 fully saturated rings. The number of methoxy groups -OCH3 is 1. The standard InChI is InChI=1S/C16H30O4Si/c1-19-15(17)16(18)20-14(11-8-12-21(2,3)4)13-9-6-5-7-10-13/h8,12-14,16,18H,5-7,9-11H2,1-4H3/b12-8-. The summed E-state index contributed by atoms with van der Waals surface area (Å²) in [5, 5.41) is 9.77. The molecule has 0 aromatic rings. The van der Waals surface area contributed by atoms with Gasteiger partial charge < -0.3 is 14.6 Å². The topological polar surface area (TPSA) is 55.8 Å². The predicted octanol–water partition coefficient (Wildman–Crippen LogP) is 3.27. The second kappa shape index (κ2) is 8.71. The van der Waals surface area contributed by atoms with Gasteiger partial charge in [0, 0.05) is 0 Å². The fourth-order valence-corrected chi connectivity index (χ4v) is 3.59. The van der Waals surface area contributed by atoms with Crippen LogP contribution < -0.4 is 0 Å². The molecule has 122 valence electrons. The average molecular weight is 314 g/mol. The van der Waals surface area contributed by atoms with Gasteiger partial charge >= 0.3 is 5.97 Å². The maximum Gasteiger partial charge on any atom is 0.363 e. The first-order valence-electron chi connectivity index (χ1n) is 7.92. The Balaban J connectivity index is 2.64. The van der Waals surface area contributed by atoms with Gasteiger partial charge in [-0.05, 0) is 25.2 Å². The zero-order valence-electron chi connectivity index (χ0n) is 13.8. The van der Waals surface area contributed by atoms with Gasteiger partial charge in [-0.3, -0.25) is 0 Å². The van der Waals surface area contributed by atoms with Crippen LogP contribution in [-0.4, -0.2) is 38.7 Å². The van der Waals surface area contributed by atoms with E-state index < -0.39 is 20.3 Å². The molecule has 5 heteroatoms. The summed E-state index contributed by atoms with van der Waals surface area (Å²) in [6.07, 6.45) is 7.24. The van der Waals surface area contributed by atoms with Crippen LogP contribution >= 0.6 is 0 Å². The van der Waals surface area contributed by atoms with E-state index in [-0.39, 0.29) is 6.10 Å². The second-order valence-corrected chi connectivity index (χ2v) is 12.0. The largest absolute Gasteiger partial charge is 0.465 e. The Morgan fingerprint density at radius 2 is 1.90 bits per heavy atom. The van der Waals surface area contributed by atoms with E-state index in [0.717, 1.165) is 19.3 Å². The van der Waals surface area contributed by atoms with Crippen molar-refractivity contribution < 1.29 is 19.4 Å². The highest BCUT2D eigenvalue weighted by molar-refractivity contribution is 6.80. The Hall–Kier alpha value is -0.653. The number of ether oxygens (including phenoxy) is 2.